The molecule has 0 fully saturated rings. The molecule has 0 aliphatic carbocycles. The number of nitrogens with zero attached hydrogens (tertiary/aromatic N) is 2. The number of hydrogen-bond acceptors (Lipinski definition) is 4. The Morgan fingerprint density at radius 3 is 2.61 bits per heavy atom. The highest BCUT2D eigenvalue weighted by Crippen LogP contribution is 2.22. The van der Waals surface area contributed by atoms with Crippen LogP contribution in [0, 0.1) is 6.92 Å². The number of hydrogen-bond donors (Lipinski definition) is 1. The Morgan fingerprint density at radius 1 is 1.22 bits per heavy atom. The van der Waals surface area contributed by atoms with Crippen LogP contribution in [-0.4, -0.2) is 22.8 Å². The molecule has 1 atom stereocenters. The first kappa shape index (κ1) is 13.1. The van der Waals surface area contributed by atoms with Crippen molar-refractivity contribution in [3.05, 3.63) is 54.0 Å². The molecule has 0 aliphatic heterocycles. The van der Waals surface area contributed by atoms with Crippen molar-refractivity contribution < 1.29 is 0 Å². The van der Waals surface area contributed by atoms with Crippen LogP contribution in [0.2, 0.25) is 0 Å². The summed E-state index contributed by atoms with van der Waals surface area (Å²) in [6, 6.07) is 10.9. The molecule has 4 heteroatoms. The van der Waals surface area contributed by atoms with Crippen molar-refractivity contribution in [2.24, 2.45) is 0 Å². The van der Waals surface area contributed by atoms with Crippen LogP contribution >= 0.6 is 11.8 Å². The van der Waals surface area contributed by atoms with Gasteiger partial charge in [-0.1, -0.05) is 29.8 Å². The van der Waals surface area contributed by atoms with E-state index in [0.717, 1.165) is 10.8 Å². The van der Waals surface area contributed by atoms with E-state index < -0.39 is 0 Å². The van der Waals surface area contributed by atoms with Crippen LogP contribution in [-0.2, 0) is 0 Å². The normalized spacial score (nSPS) is 12.3. The molecule has 1 aromatic heterocycles. The quantitative estimate of drug-likeness (QED) is 0.662. The molecule has 2 rings (SSSR count). The fourth-order valence-electron chi connectivity index (χ4n) is 1.68. The molecule has 0 amide bonds. The van der Waals surface area contributed by atoms with Gasteiger partial charge in [0.05, 0.1) is 5.03 Å². The molecule has 1 N–H and O–H groups in total. The number of aryl methyl sites for hydroxylation is 1. The van der Waals surface area contributed by atoms with Gasteiger partial charge in [-0.05, 0) is 25.6 Å². The highest BCUT2D eigenvalue weighted by molar-refractivity contribution is 7.99. The van der Waals surface area contributed by atoms with Gasteiger partial charge in [0.2, 0.25) is 0 Å². The van der Waals surface area contributed by atoms with Crippen molar-refractivity contribution in [3.63, 3.8) is 0 Å². The monoisotopic (exact) mass is 259 g/mol. The van der Waals surface area contributed by atoms with Crippen LogP contribution in [0.5, 0.6) is 0 Å². The third-order valence-electron chi connectivity index (χ3n) is 2.78. The molecule has 0 spiro atoms. The maximum absolute atomic E-state index is 4.22. The Balaban J connectivity index is 1.99. The van der Waals surface area contributed by atoms with Crippen molar-refractivity contribution in [1.29, 1.82) is 0 Å². The predicted molar refractivity (Wildman–Crippen MR) is 75.7 cm³/mol. The first-order valence-electron chi connectivity index (χ1n) is 5.92. The molecule has 2 aromatic rings. The van der Waals surface area contributed by atoms with E-state index in [9.17, 15) is 0 Å². The van der Waals surface area contributed by atoms with Gasteiger partial charge in [-0.25, -0.2) is 9.97 Å². The van der Waals surface area contributed by atoms with Gasteiger partial charge in [-0.3, -0.25) is 0 Å². The topological polar surface area (TPSA) is 37.8 Å². The SMILES string of the molecule is CNC(CSc1ccncn1)c1ccc(C)cc1. The van der Waals surface area contributed by atoms with E-state index in [1.807, 2.05) is 13.1 Å². The molecule has 0 aliphatic rings. The lowest BCUT2D eigenvalue weighted by molar-refractivity contribution is 0.661. The van der Waals surface area contributed by atoms with Crippen LogP contribution in [0.3, 0.4) is 0 Å². The summed E-state index contributed by atoms with van der Waals surface area (Å²) in [4.78, 5) is 8.14. The van der Waals surface area contributed by atoms with Crippen LogP contribution in [0.15, 0.2) is 47.9 Å². The van der Waals surface area contributed by atoms with E-state index in [2.05, 4.69) is 46.5 Å². The molecule has 1 aromatic carbocycles. The van der Waals surface area contributed by atoms with Gasteiger partial charge >= 0.3 is 0 Å². The summed E-state index contributed by atoms with van der Waals surface area (Å²) in [5.74, 6) is 0.955. The molecule has 0 saturated carbocycles. The molecule has 1 heterocycles. The Bertz CT molecular complexity index is 470. The summed E-state index contributed by atoms with van der Waals surface area (Å²) in [5.41, 5.74) is 2.60. The van der Waals surface area contributed by atoms with E-state index in [-0.39, 0.29) is 0 Å². The minimum Gasteiger partial charge on any atom is -0.312 e. The minimum atomic E-state index is 0.338. The minimum absolute atomic E-state index is 0.338. The maximum atomic E-state index is 4.22. The van der Waals surface area contributed by atoms with Crippen molar-refractivity contribution in [2.75, 3.05) is 12.8 Å². The first-order valence-corrected chi connectivity index (χ1v) is 6.91. The molecule has 3 nitrogen and oxygen atoms in total. The molecule has 0 radical (unpaired) electrons. The zero-order valence-electron chi connectivity index (χ0n) is 10.6. The summed E-state index contributed by atoms with van der Waals surface area (Å²) in [7, 11) is 1.99. The number of aromatic nitrogens is 2. The highest BCUT2D eigenvalue weighted by atomic mass is 32.2. The highest BCUT2D eigenvalue weighted by Gasteiger charge is 2.09. The average Bonchev–Trinajstić information content (AvgIpc) is 2.42. The molecule has 18 heavy (non-hydrogen) atoms. The number of thioether (sulfide) groups is 1. The van der Waals surface area contributed by atoms with Gasteiger partial charge in [-0.15, -0.1) is 11.8 Å². The lowest BCUT2D eigenvalue weighted by Gasteiger charge is -2.16. The van der Waals surface area contributed by atoms with E-state index in [1.54, 1.807) is 24.3 Å². The Kier molecular flexibility index (Phi) is 4.73. The van der Waals surface area contributed by atoms with Gasteiger partial charge in [0.25, 0.3) is 0 Å². The van der Waals surface area contributed by atoms with Crippen molar-refractivity contribution in [2.45, 2.75) is 18.0 Å². The largest absolute Gasteiger partial charge is 0.312 e. The fraction of sp³-hybridized carbons (Fsp3) is 0.286. The second-order valence-electron chi connectivity index (χ2n) is 4.11. The van der Waals surface area contributed by atoms with Gasteiger partial charge in [-0.2, -0.15) is 0 Å². The van der Waals surface area contributed by atoms with Gasteiger partial charge in [0.1, 0.15) is 6.33 Å². The van der Waals surface area contributed by atoms with E-state index in [1.165, 1.54) is 11.1 Å². The lowest BCUT2D eigenvalue weighted by Crippen LogP contribution is -2.18. The zero-order valence-corrected chi connectivity index (χ0v) is 11.4. The summed E-state index contributed by atoms with van der Waals surface area (Å²) < 4.78 is 0. The third-order valence-corrected chi connectivity index (χ3v) is 3.82. The van der Waals surface area contributed by atoms with Crippen molar-refractivity contribution >= 4 is 11.8 Å². The summed E-state index contributed by atoms with van der Waals surface area (Å²) in [6.45, 7) is 2.10. The van der Waals surface area contributed by atoms with E-state index in [0.29, 0.717) is 6.04 Å². The number of nitrogens with one attached hydrogen (secondary N) is 1. The second kappa shape index (κ2) is 6.52. The third kappa shape index (κ3) is 3.55. The average molecular weight is 259 g/mol. The standard InChI is InChI=1S/C14H17N3S/c1-11-3-5-12(6-4-11)13(15-2)9-18-14-7-8-16-10-17-14/h3-8,10,13,15H,9H2,1-2H3. The Morgan fingerprint density at radius 2 is 2.00 bits per heavy atom. The predicted octanol–water partition coefficient (Wildman–Crippen LogP) is 2.84. The summed E-state index contributed by atoms with van der Waals surface area (Å²) in [5, 5.41) is 4.36. The van der Waals surface area contributed by atoms with Crippen LogP contribution < -0.4 is 5.32 Å². The molecular formula is C14H17N3S. The number of rotatable bonds is 5. The van der Waals surface area contributed by atoms with Gasteiger partial charge in [0.15, 0.2) is 0 Å². The van der Waals surface area contributed by atoms with Crippen LogP contribution in [0.25, 0.3) is 0 Å². The molecule has 1 unspecified atom stereocenters. The maximum Gasteiger partial charge on any atom is 0.116 e. The lowest BCUT2D eigenvalue weighted by atomic mass is 10.1. The van der Waals surface area contributed by atoms with E-state index in [4.69, 9.17) is 0 Å². The second-order valence-corrected chi connectivity index (χ2v) is 5.15. The summed E-state index contributed by atoms with van der Waals surface area (Å²) in [6.07, 6.45) is 3.36. The van der Waals surface area contributed by atoms with E-state index >= 15 is 0 Å². The van der Waals surface area contributed by atoms with Crippen molar-refractivity contribution in [1.82, 2.24) is 15.3 Å². The molecular weight excluding hydrogens is 242 g/mol. The molecule has 0 saturated heterocycles. The first-order chi connectivity index (χ1) is 8.79. The molecule has 0 bridgehead atoms. The summed E-state index contributed by atoms with van der Waals surface area (Å²) >= 11 is 1.74. The fourth-order valence-corrected chi connectivity index (χ4v) is 2.65. The molecule has 94 valence electrons. The van der Waals surface area contributed by atoms with Crippen molar-refractivity contribution in [3.8, 4) is 0 Å². The number of benzene rings is 1. The van der Waals surface area contributed by atoms with Crippen LogP contribution in [0.1, 0.15) is 17.2 Å². The Hall–Kier alpha value is -1.39. The smallest absolute Gasteiger partial charge is 0.116 e. The van der Waals surface area contributed by atoms with Gasteiger partial charge < -0.3 is 5.32 Å². The zero-order chi connectivity index (χ0) is 12.8. The Labute approximate surface area is 112 Å². The van der Waals surface area contributed by atoms with Crippen LogP contribution in [0.4, 0.5) is 0 Å². The van der Waals surface area contributed by atoms with Gasteiger partial charge in [0, 0.05) is 18.0 Å².